The van der Waals surface area contributed by atoms with Crippen molar-refractivity contribution in [3.63, 3.8) is 0 Å². The molecule has 10 heteroatoms. The van der Waals surface area contributed by atoms with E-state index in [1.165, 1.54) is 11.3 Å². The average Bonchev–Trinajstić information content (AvgIpc) is 3.30. The monoisotopic (exact) mass is 360 g/mol. The second-order valence-corrected chi connectivity index (χ2v) is 5.87. The number of carbonyl (C=O) groups is 2. The number of hydrogen-bond donors (Lipinski definition) is 1. The summed E-state index contributed by atoms with van der Waals surface area (Å²) in [5, 5.41) is 13.1. The van der Waals surface area contributed by atoms with E-state index in [-0.39, 0.29) is 24.0 Å². The van der Waals surface area contributed by atoms with E-state index in [1.807, 2.05) is 12.3 Å². The van der Waals surface area contributed by atoms with Crippen molar-refractivity contribution >= 4 is 28.3 Å². The zero-order valence-electron chi connectivity index (χ0n) is 13.5. The molecule has 0 bridgehead atoms. The number of thiazole rings is 1. The second-order valence-electron chi connectivity index (χ2n) is 5.01. The quantitative estimate of drug-likeness (QED) is 0.639. The Morgan fingerprint density at radius 3 is 2.96 bits per heavy atom. The third-order valence-corrected chi connectivity index (χ3v) is 3.93. The van der Waals surface area contributed by atoms with Crippen molar-refractivity contribution in [2.45, 2.75) is 20.0 Å². The number of amides is 1. The van der Waals surface area contributed by atoms with Crippen LogP contribution in [0.2, 0.25) is 0 Å². The SMILES string of the molecule is CCOC(=O)Cc1csc(NC(=O)c2ccn(Cn3cccn3)n2)n1. The molecule has 0 aliphatic heterocycles. The molecule has 1 N–H and O–H groups in total. The van der Waals surface area contributed by atoms with E-state index < -0.39 is 0 Å². The van der Waals surface area contributed by atoms with E-state index in [0.717, 1.165) is 0 Å². The van der Waals surface area contributed by atoms with Gasteiger partial charge in [0.15, 0.2) is 10.8 Å². The Morgan fingerprint density at radius 2 is 2.20 bits per heavy atom. The van der Waals surface area contributed by atoms with E-state index in [1.54, 1.807) is 40.1 Å². The van der Waals surface area contributed by atoms with Crippen LogP contribution in [-0.2, 0) is 22.6 Å². The lowest BCUT2D eigenvalue weighted by Crippen LogP contribution is -2.15. The summed E-state index contributed by atoms with van der Waals surface area (Å²) in [6.45, 7) is 2.49. The van der Waals surface area contributed by atoms with Gasteiger partial charge in [-0.05, 0) is 19.1 Å². The van der Waals surface area contributed by atoms with Crippen LogP contribution in [0.5, 0.6) is 0 Å². The van der Waals surface area contributed by atoms with E-state index >= 15 is 0 Å². The van der Waals surface area contributed by atoms with Crippen LogP contribution in [0.25, 0.3) is 0 Å². The van der Waals surface area contributed by atoms with Crippen LogP contribution in [0, 0.1) is 0 Å². The molecule has 3 heterocycles. The fraction of sp³-hybridized carbons (Fsp3) is 0.267. The molecule has 0 aliphatic carbocycles. The van der Waals surface area contributed by atoms with Crippen molar-refractivity contribution in [3.8, 4) is 0 Å². The predicted molar refractivity (Wildman–Crippen MR) is 90.3 cm³/mol. The van der Waals surface area contributed by atoms with Gasteiger partial charge in [0.05, 0.1) is 18.7 Å². The number of rotatable bonds is 7. The average molecular weight is 360 g/mol. The van der Waals surface area contributed by atoms with Crippen LogP contribution < -0.4 is 5.32 Å². The molecule has 3 aromatic heterocycles. The largest absolute Gasteiger partial charge is 0.466 e. The number of hydrogen-bond acceptors (Lipinski definition) is 7. The Balaban J connectivity index is 1.58. The van der Waals surface area contributed by atoms with E-state index in [4.69, 9.17) is 4.74 Å². The molecule has 3 rings (SSSR count). The molecule has 130 valence electrons. The lowest BCUT2D eigenvalue weighted by atomic mass is 10.3. The van der Waals surface area contributed by atoms with Gasteiger partial charge in [-0.1, -0.05) is 0 Å². The van der Waals surface area contributed by atoms with Crippen LogP contribution >= 0.6 is 11.3 Å². The van der Waals surface area contributed by atoms with Crippen LogP contribution in [0.1, 0.15) is 23.1 Å². The molecule has 0 aromatic carbocycles. The molecule has 9 nitrogen and oxygen atoms in total. The second kappa shape index (κ2) is 7.71. The van der Waals surface area contributed by atoms with Crippen molar-refractivity contribution in [3.05, 3.63) is 47.5 Å². The van der Waals surface area contributed by atoms with Crippen LogP contribution in [-0.4, -0.2) is 43.0 Å². The van der Waals surface area contributed by atoms with Gasteiger partial charge in [-0.2, -0.15) is 10.2 Å². The number of esters is 1. The molecule has 25 heavy (non-hydrogen) atoms. The molecule has 0 aliphatic rings. The van der Waals surface area contributed by atoms with Gasteiger partial charge in [0.2, 0.25) is 0 Å². The molecular formula is C15H16N6O3S. The van der Waals surface area contributed by atoms with Gasteiger partial charge in [0, 0.05) is 24.0 Å². The predicted octanol–water partition coefficient (Wildman–Crippen LogP) is 1.40. The Hall–Kier alpha value is -3.01. The van der Waals surface area contributed by atoms with Crippen molar-refractivity contribution in [1.29, 1.82) is 0 Å². The highest BCUT2D eigenvalue weighted by Gasteiger charge is 2.13. The first-order valence-electron chi connectivity index (χ1n) is 7.56. The number of carbonyl (C=O) groups excluding carboxylic acids is 2. The van der Waals surface area contributed by atoms with Gasteiger partial charge in [-0.15, -0.1) is 11.3 Å². The van der Waals surface area contributed by atoms with E-state index in [0.29, 0.717) is 24.1 Å². The molecule has 0 spiro atoms. The summed E-state index contributed by atoms with van der Waals surface area (Å²) in [5.41, 5.74) is 0.831. The number of nitrogens with zero attached hydrogens (tertiary/aromatic N) is 5. The summed E-state index contributed by atoms with van der Waals surface area (Å²) >= 11 is 1.24. The zero-order valence-corrected chi connectivity index (χ0v) is 14.3. The summed E-state index contributed by atoms with van der Waals surface area (Å²) in [4.78, 5) is 27.9. The fourth-order valence-corrected chi connectivity index (χ4v) is 2.77. The van der Waals surface area contributed by atoms with E-state index in [9.17, 15) is 9.59 Å². The minimum atomic E-state index is -0.365. The van der Waals surface area contributed by atoms with Gasteiger partial charge in [-0.3, -0.25) is 24.3 Å². The van der Waals surface area contributed by atoms with Crippen molar-refractivity contribution in [2.24, 2.45) is 0 Å². The third kappa shape index (κ3) is 4.51. The minimum absolute atomic E-state index is 0.0821. The van der Waals surface area contributed by atoms with Crippen LogP contribution in [0.15, 0.2) is 36.1 Å². The van der Waals surface area contributed by atoms with Gasteiger partial charge in [0.1, 0.15) is 6.67 Å². The molecule has 0 saturated heterocycles. The third-order valence-electron chi connectivity index (χ3n) is 3.13. The lowest BCUT2D eigenvalue weighted by Gasteiger charge is -2.01. The molecule has 0 fully saturated rings. The maximum absolute atomic E-state index is 12.2. The summed E-state index contributed by atoms with van der Waals surface area (Å²) in [7, 11) is 0. The van der Waals surface area contributed by atoms with Gasteiger partial charge in [-0.25, -0.2) is 4.98 Å². The first kappa shape index (κ1) is 16.8. The molecule has 0 saturated carbocycles. The smallest absolute Gasteiger partial charge is 0.311 e. The van der Waals surface area contributed by atoms with Crippen molar-refractivity contribution in [2.75, 3.05) is 11.9 Å². The number of nitrogens with one attached hydrogen (secondary N) is 1. The molecule has 3 aromatic rings. The molecule has 0 radical (unpaired) electrons. The van der Waals surface area contributed by atoms with Crippen molar-refractivity contribution < 1.29 is 14.3 Å². The first-order valence-corrected chi connectivity index (χ1v) is 8.44. The molecule has 1 amide bonds. The highest BCUT2D eigenvalue weighted by molar-refractivity contribution is 7.14. The summed E-state index contributed by atoms with van der Waals surface area (Å²) in [5.74, 6) is -0.709. The Morgan fingerprint density at radius 1 is 1.32 bits per heavy atom. The Kier molecular flexibility index (Phi) is 5.19. The number of ether oxygens (including phenoxy) is 1. The summed E-state index contributed by atoms with van der Waals surface area (Å²) in [6, 6.07) is 3.43. The summed E-state index contributed by atoms with van der Waals surface area (Å²) in [6.07, 6.45) is 5.26. The Labute approximate surface area is 147 Å². The molecule has 0 unspecified atom stereocenters. The molecular weight excluding hydrogens is 344 g/mol. The van der Waals surface area contributed by atoms with Crippen LogP contribution in [0.4, 0.5) is 5.13 Å². The highest BCUT2D eigenvalue weighted by atomic mass is 32.1. The van der Waals surface area contributed by atoms with Crippen LogP contribution in [0.3, 0.4) is 0 Å². The van der Waals surface area contributed by atoms with Gasteiger partial charge < -0.3 is 4.74 Å². The van der Waals surface area contributed by atoms with Gasteiger partial charge in [0.25, 0.3) is 5.91 Å². The topological polar surface area (TPSA) is 104 Å². The normalized spacial score (nSPS) is 10.6. The number of anilines is 1. The highest BCUT2D eigenvalue weighted by Crippen LogP contribution is 2.17. The maximum atomic E-state index is 12.2. The Bertz CT molecular complexity index is 854. The standard InChI is InChI=1S/C15H16N6O3S/c1-2-24-13(22)8-11-9-25-15(17-11)18-14(23)12-4-7-21(19-12)10-20-6-3-5-16-20/h3-7,9H,2,8,10H2,1H3,(H,17,18,23). The zero-order chi connectivity index (χ0) is 17.6. The van der Waals surface area contributed by atoms with Crippen molar-refractivity contribution in [1.82, 2.24) is 24.5 Å². The van der Waals surface area contributed by atoms with Gasteiger partial charge >= 0.3 is 5.97 Å². The minimum Gasteiger partial charge on any atom is -0.466 e. The van der Waals surface area contributed by atoms with E-state index in [2.05, 4.69) is 20.5 Å². The fourth-order valence-electron chi connectivity index (χ4n) is 2.06. The molecule has 0 atom stereocenters. The maximum Gasteiger partial charge on any atom is 0.311 e. The summed E-state index contributed by atoms with van der Waals surface area (Å²) < 4.78 is 8.17. The first-order chi connectivity index (χ1) is 12.1. The lowest BCUT2D eigenvalue weighted by molar-refractivity contribution is -0.142. The number of aromatic nitrogens is 5.